The quantitative estimate of drug-likeness (QED) is 0.787. The van der Waals surface area contributed by atoms with Gasteiger partial charge in [-0.3, -0.25) is 14.5 Å². The molecule has 3 rings (SSSR count). The number of carbonyl (C=O) groups excluding carboxylic acids is 2. The van der Waals surface area contributed by atoms with Gasteiger partial charge in [0.2, 0.25) is 0 Å². The fourth-order valence-corrected chi connectivity index (χ4v) is 3.36. The smallest absolute Gasteiger partial charge is 0.254 e. The summed E-state index contributed by atoms with van der Waals surface area (Å²) in [5, 5.41) is 0.743. The molecule has 0 unspecified atom stereocenters. The number of hydrogen-bond donors (Lipinski definition) is 0. The Hall–Kier alpha value is -2.17. The van der Waals surface area contributed by atoms with Crippen molar-refractivity contribution in [3.8, 4) is 0 Å². The van der Waals surface area contributed by atoms with Crippen molar-refractivity contribution in [2.75, 3.05) is 26.2 Å². The fraction of sp³-hybridized carbons (Fsp3) is 0.300. The van der Waals surface area contributed by atoms with Gasteiger partial charge in [0.15, 0.2) is 5.78 Å². The molecule has 1 aliphatic rings. The number of halogens is 1. The molecule has 0 spiro atoms. The zero-order valence-corrected chi connectivity index (χ0v) is 15.0. The lowest BCUT2D eigenvalue weighted by Gasteiger charge is -2.35. The first-order valence-corrected chi connectivity index (χ1v) is 8.78. The van der Waals surface area contributed by atoms with Crippen LogP contribution in [0.25, 0.3) is 0 Å². The summed E-state index contributed by atoms with van der Waals surface area (Å²) in [6.07, 6.45) is 0. The van der Waals surface area contributed by atoms with Crippen LogP contribution < -0.4 is 0 Å². The molecule has 2 aromatic rings. The van der Waals surface area contributed by atoms with Crippen LogP contribution in [-0.2, 0) is 6.54 Å². The van der Waals surface area contributed by atoms with E-state index in [1.807, 2.05) is 23.1 Å². The van der Waals surface area contributed by atoms with E-state index >= 15 is 0 Å². The van der Waals surface area contributed by atoms with E-state index in [1.165, 1.54) is 12.5 Å². The largest absolute Gasteiger partial charge is 0.336 e. The van der Waals surface area contributed by atoms with Crippen molar-refractivity contribution >= 4 is 23.3 Å². The molecule has 0 radical (unpaired) electrons. The Balaban J connectivity index is 1.62. The molecule has 130 valence electrons. The summed E-state index contributed by atoms with van der Waals surface area (Å²) in [4.78, 5) is 28.7. The van der Waals surface area contributed by atoms with Crippen LogP contribution in [0.5, 0.6) is 0 Å². The standard InChI is InChI=1S/C20H21ClN2O2/c1-15(24)18-7-2-3-8-19(18)20(25)23-11-9-22(10-12-23)14-16-5-4-6-17(21)13-16/h2-8,13H,9-12,14H2,1H3. The Labute approximate surface area is 153 Å². The number of nitrogens with zero attached hydrogens (tertiary/aromatic N) is 2. The van der Waals surface area contributed by atoms with Crippen LogP contribution in [0.15, 0.2) is 48.5 Å². The second-order valence-corrected chi connectivity index (χ2v) is 6.74. The van der Waals surface area contributed by atoms with Crippen molar-refractivity contribution in [3.05, 3.63) is 70.2 Å². The molecule has 0 bridgehead atoms. The molecule has 2 aromatic carbocycles. The first kappa shape index (κ1) is 17.6. The van der Waals surface area contributed by atoms with Gasteiger partial charge in [-0.2, -0.15) is 0 Å². The highest BCUT2D eigenvalue weighted by molar-refractivity contribution is 6.30. The van der Waals surface area contributed by atoms with Crippen molar-refractivity contribution in [2.45, 2.75) is 13.5 Å². The first-order valence-electron chi connectivity index (χ1n) is 8.40. The molecule has 0 N–H and O–H groups in total. The molecule has 4 nitrogen and oxygen atoms in total. The number of ketones is 1. The van der Waals surface area contributed by atoms with Crippen LogP contribution in [0, 0.1) is 0 Å². The van der Waals surface area contributed by atoms with E-state index in [1.54, 1.807) is 24.3 Å². The topological polar surface area (TPSA) is 40.6 Å². The zero-order valence-electron chi connectivity index (χ0n) is 14.2. The molecule has 0 aliphatic carbocycles. The Kier molecular flexibility index (Phi) is 5.51. The molecule has 1 aliphatic heterocycles. The molecule has 1 saturated heterocycles. The molecule has 0 atom stereocenters. The number of Topliss-reactive ketones (excluding diaryl/α,β-unsaturated/α-hetero) is 1. The molecule has 25 heavy (non-hydrogen) atoms. The van der Waals surface area contributed by atoms with Gasteiger partial charge in [-0.1, -0.05) is 41.9 Å². The Morgan fingerprint density at radius 3 is 2.28 bits per heavy atom. The van der Waals surface area contributed by atoms with E-state index in [0.29, 0.717) is 24.2 Å². The second-order valence-electron chi connectivity index (χ2n) is 6.30. The van der Waals surface area contributed by atoms with Crippen molar-refractivity contribution < 1.29 is 9.59 Å². The summed E-state index contributed by atoms with van der Waals surface area (Å²) >= 11 is 6.04. The van der Waals surface area contributed by atoms with Gasteiger partial charge in [0, 0.05) is 43.3 Å². The van der Waals surface area contributed by atoms with Crippen molar-refractivity contribution in [2.24, 2.45) is 0 Å². The van der Waals surface area contributed by atoms with Gasteiger partial charge in [-0.25, -0.2) is 0 Å². The SMILES string of the molecule is CC(=O)c1ccccc1C(=O)N1CCN(Cc2cccc(Cl)c2)CC1. The Morgan fingerprint density at radius 2 is 1.64 bits per heavy atom. The van der Waals surface area contributed by atoms with Crippen LogP contribution in [0.1, 0.15) is 33.2 Å². The molecule has 5 heteroatoms. The summed E-state index contributed by atoms with van der Waals surface area (Å²) in [5.74, 6) is -0.142. The lowest BCUT2D eigenvalue weighted by atomic mass is 10.0. The van der Waals surface area contributed by atoms with Gasteiger partial charge in [0.1, 0.15) is 0 Å². The third kappa shape index (κ3) is 4.27. The molecule has 0 saturated carbocycles. The lowest BCUT2D eigenvalue weighted by Crippen LogP contribution is -2.48. The summed E-state index contributed by atoms with van der Waals surface area (Å²) in [7, 11) is 0. The third-order valence-electron chi connectivity index (χ3n) is 4.49. The number of benzene rings is 2. The van der Waals surface area contributed by atoms with E-state index in [0.717, 1.165) is 24.7 Å². The fourth-order valence-electron chi connectivity index (χ4n) is 3.15. The number of hydrogen-bond acceptors (Lipinski definition) is 3. The third-order valence-corrected chi connectivity index (χ3v) is 4.73. The van der Waals surface area contributed by atoms with Gasteiger partial charge < -0.3 is 4.90 Å². The average Bonchev–Trinajstić information content (AvgIpc) is 2.62. The highest BCUT2D eigenvalue weighted by Gasteiger charge is 2.24. The first-order chi connectivity index (χ1) is 12.0. The zero-order chi connectivity index (χ0) is 17.8. The van der Waals surface area contributed by atoms with E-state index < -0.39 is 0 Å². The molecule has 1 heterocycles. The summed E-state index contributed by atoms with van der Waals surface area (Å²) in [6.45, 7) is 5.25. The van der Waals surface area contributed by atoms with Crippen molar-refractivity contribution in [1.82, 2.24) is 9.80 Å². The van der Waals surface area contributed by atoms with Gasteiger partial charge in [-0.05, 0) is 30.7 Å². The van der Waals surface area contributed by atoms with E-state index in [9.17, 15) is 9.59 Å². The minimum Gasteiger partial charge on any atom is -0.336 e. The van der Waals surface area contributed by atoms with Crippen LogP contribution in [0.3, 0.4) is 0 Å². The number of amides is 1. The highest BCUT2D eigenvalue weighted by Crippen LogP contribution is 2.17. The van der Waals surface area contributed by atoms with Crippen LogP contribution in [0.2, 0.25) is 5.02 Å². The lowest BCUT2D eigenvalue weighted by molar-refractivity contribution is 0.0625. The highest BCUT2D eigenvalue weighted by atomic mass is 35.5. The Bertz CT molecular complexity index is 783. The second kappa shape index (κ2) is 7.81. The number of piperazine rings is 1. The van der Waals surface area contributed by atoms with Gasteiger partial charge in [-0.15, -0.1) is 0 Å². The predicted molar refractivity (Wildman–Crippen MR) is 99.1 cm³/mol. The summed E-state index contributed by atoms with van der Waals surface area (Å²) < 4.78 is 0. The summed E-state index contributed by atoms with van der Waals surface area (Å²) in [5.41, 5.74) is 2.17. The van der Waals surface area contributed by atoms with Crippen LogP contribution in [-0.4, -0.2) is 47.7 Å². The minimum atomic E-state index is -0.0801. The van der Waals surface area contributed by atoms with Crippen LogP contribution >= 0.6 is 11.6 Å². The predicted octanol–water partition coefficient (Wildman–Crippen LogP) is 3.50. The molecule has 1 fully saturated rings. The van der Waals surface area contributed by atoms with E-state index in [-0.39, 0.29) is 11.7 Å². The average molecular weight is 357 g/mol. The Morgan fingerprint density at radius 1 is 0.960 bits per heavy atom. The minimum absolute atomic E-state index is 0.0618. The summed E-state index contributed by atoms with van der Waals surface area (Å²) in [6, 6.07) is 14.9. The normalized spacial score (nSPS) is 15.2. The van der Waals surface area contributed by atoms with E-state index in [2.05, 4.69) is 11.0 Å². The van der Waals surface area contributed by atoms with Crippen molar-refractivity contribution in [1.29, 1.82) is 0 Å². The monoisotopic (exact) mass is 356 g/mol. The number of carbonyl (C=O) groups is 2. The molecule has 0 aromatic heterocycles. The number of rotatable bonds is 4. The van der Waals surface area contributed by atoms with Gasteiger partial charge >= 0.3 is 0 Å². The molecular weight excluding hydrogens is 336 g/mol. The molecule has 1 amide bonds. The van der Waals surface area contributed by atoms with Crippen LogP contribution in [0.4, 0.5) is 0 Å². The van der Waals surface area contributed by atoms with Gasteiger partial charge in [0.25, 0.3) is 5.91 Å². The maximum absolute atomic E-state index is 12.8. The maximum Gasteiger partial charge on any atom is 0.254 e. The molecular formula is C20H21ClN2O2. The maximum atomic E-state index is 12.8. The van der Waals surface area contributed by atoms with E-state index in [4.69, 9.17) is 11.6 Å². The van der Waals surface area contributed by atoms with Gasteiger partial charge in [0.05, 0.1) is 5.56 Å². The van der Waals surface area contributed by atoms with Crippen molar-refractivity contribution in [3.63, 3.8) is 0 Å².